The van der Waals surface area contributed by atoms with Crippen LogP contribution in [0.2, 0.25) is 5.02 Å². The number of halogens is 1. The molecule has 176 valence electrons. The number of hydrogen-bond acceptors (Lipinski definition) is 4. The number of hydrogen-bond donors (Lipinski definition) is 2. The normalized spacial score (nSPS) is 27.2. The smallest absolute Gasteiger partial charge is 0.227 e. The zero-order valence-corrected chi connectivity index (χ0v) is 20.8. The number of oxazole rings is 1. The van der Waals surface area contributed by atoms with Crippen molar-refractivity contribution in [2.75, 3.05) is 5.32 Å². The first-order valence-corrected chi connectivity index (χ1v) is 12.9. The molecule has 4 bridgehead atoms. The lowest BCUT2D eigenvalue weighted by molar-refractivity contribution is -0.127. The number of carbonyl (C=O) groups excluding carboxylic acids is 1. The first kappa shape index (κ1) is 22.1. The predicted octanol–water partition coefficient (Wildman–Crippen LogP) is 6.88. The van der Waals surface area contributed by atoms with E-state index in [1.54, 1.807) is 6.07 Å². The average Bonchev–Trinajstić information content (AvgIpc) is 3.17. The van der Waals surface area contributed by atoms with Gasteiger partial charge in [-0.3, -0.25) is 4.79 Å². The van der Waals surface area contributed by atoms with Crippen LogP contribution < -0.4 is 10.6 Å². The summed E-state index contributed by atoms with van der Waals surface area (Å²) in [6, 6.07) is 11.4. The molecule has 0 radical (unpaired) electrons. The Labute approximate surface area is 209 Å². The van der Waals surface area contributed by atoms with Crippen LogP contribution in [-0.2, 0) is 4.79 Å². The summed E-state index contributed by atoms with van der Waals surface area (Å²) >= 11 is 11.9. The average molecular weight is 494 g/mol. The van der Waals surface area contributed by atoms with E-state index in [9.17, 15) is 4.79 Å². The van der Waals surface area contributed by atoms with Gasteiger partial charge in [0.1, 0.15) is 5.52 Å². The Morgan fingerprint density at radius 3 is 2.53 bits per heavy atom. The molecule has 7 rings (SSSR count). The van der Waals surface area contributed by atoms with Gasteiger partial charge in [0.05, 0.1) is 10.7 Å². The van der Waals surface area contributed by atoms with Crippen molar-refractivity contribution < 1.29 is 9.21 Å². The van der Waals surface area contributed by atoms with E-state index in [-0.39, 0.29) is 16.4 Å². The van der Waals surface area contributed by atoms with Crippen LogP contribution in [0.1, 0.15) is 50.5 Å². The molecule has 0 spiro atoms. The SMILES string of the molecule is Cc1ccc2oc(-c3ccc(Cl)c(NC(=S)NC(=O)CC45CC6CC(CC(C6)C4)C5)c3)nc2c1. The van der Waals surface area contributed by atoms with Gasteiger partial charge >= 0.3 is 0 Å². The number of benzene rings is 2. The molecule has 1 amide bonds. The van der Waals surface area contributed by atoms with E-state index >= 15 is 0 Å². The Balaban J connectivity index is 1.13. The van der Waals surface area contributed by atoms with Gasteiger partial charge in [-0.2, -0.15) is 0 Å². The van der Waals surface area contributed by atoms with E-state index in [0.29, 0.717) is 23.0 Å². The van der Waals surface area contributed by atoms with Crippen LogP contribution >= 0.6 is 23.8 Å². The number of nitrogens with one attached hydrogen (secondary N) is 2. The number of carbonyl (C=O) groups is 1. The minimum atomic E-state index is 0.000970. The Morgan fingerprint density at radius 2 is 1.82 bits per heavy atom. The molecule has 5 nitrogen and oxygen atoms in total. The first-order chi connectivity index (χ1) is 16.3. The third-order valence-corrected chi connectivity index (χ3v) is 8.49. The Kier molecular flexibility index (Phi) is 5.41. The molecule has 0 saturated heterocycles. The maximum atomic E-state index is 12.9. The number of aromatic nitrogens is 1. The fraction of sp³-hybridized carbons (Fsp3) is 0.444. The van der Waals surface area contributed by atoms with Crippen molar-refractivity contribution in [1.82, 2.24) is 10.3 Å². The van der Waals surface area contributed by atoms with Crippen LogP contribution in [0.15, 0.2) is 40.8 Å². The van der Waals surface area contributed by atoms with E-state index in [2.05, 4.69) is 15.6 Å². The molecule has 1 aromatic heterocycles. The van der Waals surface area contributed by atoms with Crippen LogP contribution in [0.25, 0.3) is 22.6 Å². The highest BCUT2D eigenvalue weighted by atomic mass is 35.5. The van der Waals surface area contributed by atoms with E-state index < -0.39 is 0 Å². The number of anilines is 1. The molecule has 34 heavy (non-hydrogen) atoms. The summed E-state index contributed by atoms with van der Waals surface area (Å²) in [5, 5.41) is 6.78. The summed E-state index contributed by atoms with van der Waals surface area (Å²) in [5.41, 5.74) is 4.24. The predicted molar refractivity (Wildman–Crippen MR) is 139 cm³/mol. The van der Waals surface area contributed by atoms with Gasteiger partial charge in [0.25, 0.3) is 0 Å². The number of aryl methyl sites for hydroxylation is 1. The van der Waals surface area contributed by atoms with E-state index in [0.717, 1.165) is 40.0 Å². The second-order valence-electron chi connectivity index (χ2n) is 10.8. The fourth-order valence-corrected chi connectivity index (χ4v) is 7.48. The molecule has 4 saturated carbocycles. The van der Waals surface area contributed by atoms with E-state index in [1.807, 2.05) is 37.3 Å². The molecule has 2 aromatic carbocycles. The van der Waals surface area contributed by atoms with Gasteiger partial charge in [0.15, 0.2) is 10.7 Å². The lowest BCUT2D eigenvalue weighted by atomic mass is 9.49. The zero-order chi connectivity index (χ0) is 23.4. The highest BCUT2D eigenvalue weighted by Gasteiger charge is 2.51. The molecule has 4 aliphatic rings. The number of nitrogens with zero attached hydrogens (tertiary/aromatic N) is 1. The van der Waals surface area contributed by atoms with Crippen LogP contribution in [0.5, 0.6) is 0 Å². The quantitative estimate of drug-likeness (QED) is 0.388. The van der Waals surface area contributed by atoms with Crippen LogP contribution in [0.3, 0.4) is 0 Å². The van der Waals surface area contributed by atoms with Crippen molar-refractivity contribution in [3.63, 3.8) is 0 Å². The van der Waals surface area contributed by atoms with Gasteiger partial charge in [0, 0.05) is 12.0 Å². The Bertz CT molecular complexity index is 1260. The van der Waals surface area contributed by atoms with Crippen molar-refractivity contribution in [3.05, 3.63) is 47.0 Å². The summed E-state index contributed by atoms with van der Waals surface area (Å²) < 4.78 is 5.92. The zero-order valence-electron chi connectivity index (χ0n) is 19.2. The summed E-state index contributed by atoms with van der Waals surface area (Å²) in [6.07, 6.45) is 8.27. The summed E-state index contributed by atoms with van der Waals surface area (Å²) in [7, 11) is 0. The maximum Gasteiger partial charge on any atom is 0.227 e. The molecule has 0 atom stereocenters. The topological polar surface area (TPSA) is 67.2 Å². The summed E-state index contributed by atoms with van der Waals surface area (Å²) in [4.78, 5) is 17.5. The van der Waals surface area contributed by atoms with Gasteiger partial charge in [-0.1, -0.05) is 17.7 Å². The van der Waals surface area contributed by atoms with Gasteiger partial charge in [-0.05, 0) is 117 Å². The van der Waals surface area contributed by atoms with Gasteiger partial charge in [0.2, 0.25) is 11.8 Å². The molecule has 7 heteroatoms. The second kappa shape index (κ2) is 8.35. The first-order valence-electron chi connectivity index (χ1n) is 12.1. The van der Waals surface area contributed by atoms with Crippen molar-refractivity contribution >= 4 is 51.6 Å². The van der Waals surface area contributed by atoms with Crippen molar-refractivity contribution in [2.45, 2.75) is 51.9 Å². The van der Waals surface area contributed by atoms with Crippen molar-refractivity contribution in [1.29, 1.82) is 0 Å². The Morgan fingerprint density at radius 1 is 1.12 bits per heavy atom. The van der Waals surface area contributed by atoms with Crippen LogP contribution in [0.4, 0.5) is 5.69 Å². The van der Waals surface area contributed by atoms with Gasteiger partial charge in [-0.25, -0.2) is 4.98 Å². The lowest BCUT2D eigenvalue weighted by Crippen LogP contribution is -2.48. The molecule has 0 aliphatic heterocycles. The van der Waals surface area contributed by atoms with Crippen LogP contribution in [-0.4, -0.2) is 16.0 Å². The second-order valence-corrected chi connectivity index (χ2v) is 11.6. The van der Waals surface area contributed by atoms with Gasteiger partial charge in [-0.15, -0.1) is 0 Å². The van der Waals surface area contributed by atoms with Crippen molar-refractivity contribution in [2.24, 2.45) is 23.2 Å². The van der Waals surface area contributed by atoms with Gasteiger partial charge < -0.3 is 15.1 Å². The molecule has 3 aromatic rings. The van der Waals surface area contributed by atoms with E-state index in [4.69, 9.17) is 28.2 Å². The molecule has 0 unspecified atom stereocenters. The number of amides is 1. The minimum Gasteiger partial charge on any atom is -0.436 e. The monoisotopic (exact) mass is 493 g/mol. The molecule has 2 N–H and O–H groups in total. The molecule has 4 fully saturated rings. The highest BCUT2D eigenvalue weighted by Crippen LogP contribution is 2.61. The number of rotatable bonds is 4. The molecular formula is C27H28ClN3O2S. The number of fused-ring (bicyclic) bond motifs is 1. The standard InChI is InChI=1S/C27H28ClN3O2S/c1-15-2-5-23-22(6-15)29-25(33-23)19-3-4-20(28)21(10-19)30-26(34)31-24(32)14-27-11-16-7-17(12-27)9-18(8-16)13-27/h2-6,10,16-18H,7-9,11-14H2,1H3,(H2,30,31,32,34). The summed E-state index contributed by atoms with van der Waals surface area (Å²) in [5.74, 6) is 2.97. The van der Waals surface area contributed by atoms with Crippen LogP contribution in [0, 0.1) is 30.1 Å². The molecular weight excluding hydrogens is 466 g/mol. The third kappa shape index (κ3) is 4.22. The van der Waals surface area contributed by atoms with Crippen molar-refractivity contribution in [3.8, 4) is 11.5 Å². The van der Waals surface area contributed by atoms with E-state index in [1.165, 1.54) is 38.5 Å². The third-order valence-electron chi connectivity index (χ3n) is 7.96. The summed E-state index contributed by atoms with van der Waals surface area (Å²) in [6.45, 7) is 2.02. The minimum absolute atomic E-state index is 0.000970. The highest BCUT2D eigenvalue weighted by molar-refractivity contribution is 7.80. The largest absolute Gasteiger partial charge is 0.436 e. The molecule has 1 heterocycles. The fourth-order valence-electron chi connectivity index (χ4n) is 7.09. The Hall–Kier alpha value is -2.44. The molecule has 4 aliphatic carbocycles. The lowest BCUT2D eigenvalue weighted by Gasteiger charge is -2.56. The maximum absolute atomic E-state index is 12.9. The number of thiocarbonyl (C=S) groups is 1.